The van der Waals surface area contributed by atoms with Gasteiger partial charge >= 0.3 is 11.6 Å². The second kappa shape index (κ2) is 9.09. The summed E-state index contributed by atoms with van der Waals surface area (Å²) in [7, 11) is 1.20. The quantitative estimate of drug-likeness (QED) is 0.334. The number of carbonyl (C=O) groups excluding carboxylic acids is 3. The number of thiophene rings is 1. The first-order valence-electron chi connectivity index (χ1n) is 9.81. The minimum Gasteiger partial charge on any atom is -0.465 e. The number of hydrogen-bond donors (Lipinski definition) is 2. The summed E-state index contributed by atoms with van der Waals surface area (Å²) >= 11 is 0.912. The summed E-state index contributed by atoms with van der Waals surface area (Å²) in [5, 5.41) is 5.98. The number of anilines is 2. The molecule has 0 fully saturated rings. The summed E-state index contributed by atoms with van der Waals surface area (Å²) < 4.78 is 10.1. The molecule has 0 saturated carbocycles. The van der Waals surface area contributed by atoms with Gasteiger partial charge in [0.05, 0.1) is 17.6 Å². The van der Waals surface area contributed by atoms with Gasteiger partial charge in [-0.05, 0) is 36.8 Å². The summed E-state index contributed by atoms with van der Waals surface area (Å²) in [4.78, 5) is 50.7. The zero-order valence-electron chi connectivity index (χ0n) is 17.6. The van der Waals surface area contributed by atoms with Crippen LogP contribution in [0.1, 0.15) is 36.0 Å². The van der Waals surface area contributed by atoms with Gasteiger partial charge < -0.3 is 19.8 Å². The highest BCUT2D eigenvalue weighted by molar-refractivity contribution is 7.19. The van der Waals surface area contributed by atoms with Crippen molar-refractivity contribution in [3.8, 4) is 0 Å². The van der Waals surface area contributed by atoms with Crippen LogP contribution in [0.4, 0.5) is 10.7 Å². The smallest absolute Gasteiger partial charge is 0.349 e. The van der Waals surface area contributed by atoms with Gasteiger partial charge in [-0.3, -0.25) is 9.59 Å². The van der Waals surface area contributed by atoms with Crippen LogP contribution in [0, 0.1) is 6.92 Å². The SMILES string of the molecule is COC(=O)c1c(NC(=O)c2cc3ccccc3oc2=O)sc(C(=O)Nc2ccccc2)c1C. The molecule has 166 valence electrons. The first kappa shape index (κ1) is 22.0. The standard InChI is InChI=1S/C24H18N2O6S/c1-13-18(24(30)31-2)22(33-19(13)21(28)25-15-9-4-3-5-10-15)26-20(27)16-12-14-8-6-7-11-17(14)32-23(16)29/h3-12H,1-2H3,(H,25,28)(H,26,27). The van der Waals surface area contributed by atoms with E-state index < -0.39 is 23.4 Å². The van der Waals surface area contributed by atoms with Crippen molar-refractivity contribution in [3.63, 3.8) is 0 Å². The predicted molar refractivity (Wildman–Crippen MR) is 125 cm³/mol. The molecule has 9 heteroatoms. The minimum atomic E-state index is -0.818. The van der Waals surface area contributed by atoms with Crippen molar-refractivity contribution in [1.82, 2.24) is 0 Å². The third kappa shape index (κ3) is 4.39. The van der Waals surface area contributed by atoms with Crippen LogP contribution < -0.4 is 16.3 Å². The molecule has 4 rings (SSSR count). The van der Waals surface area contributed by atoms with E-state index in [4.69, 9.17) is 9.15 Å². The van der Waals surface area contributed by atoms with Crippen LogP contribution in [0.15, 0.2) is 69.9 Å². The van der Waals surface area contributed by atoms with Gasteiger partial charge in [0.2, 0.25) is 0 Å². The zero-order chi connectivity index (χ0) is 23.5. The Hall–Kier alpha value is -4.24. The summed E-state index contributed by atoms with van der Waals surface area (Å²) in [5.74, 6) is -1.93. The molecule has 0 aliphatic rings. The maximum absolute atomic E-state index is 12.9. The van der Waals surface area contributed by atoms with E-state index in [0.29, 0.717) is 22.2 Å². The summed E-state index contributed by atoms with van der Waals surface area (Å²) in [6, 6.07) is 17.0. The molecule has 8 nitrogen and oxygen atoms in total. The van der Waals surface area contributed by atoms with E-state index in [1.54, 1.807) is 55.5 Å². The molecule has 4 aromatic rings. The minimum absolute atomic E-state index is 0.0410. The van der Waals surface area contributed by atoms with E-state index in [-0.39, 0.29) is 21.0 Å². The van der Waals surface area contributed by atoms with E-state index >= 15 is 0 Å². The summed E-state index contributed by atoms with van der Waals surface area (Å²) in [5.41, 5.74) is 0.266. The first-order chi connectivity index (χ1) is 15.9. The van der Waals surface area contributed by atoms with Gasteiger partial charge in [0, 0.05) is 11.1 Å². The second-order valence-electron chi connectivity index (χ2n) is 7.01. The lowest BCUT2D eigenvalue weighted by atomic mass is 10.1. The van der Waals surface area contributed by atoms with Crippen molar-refractivity contribution in [2.24, 2.45) is 0 Å². The third-order valence-electron chi connectivity index (χ3n) is 4.89. The third-order valence-corrected chi connectivity index (χ3v) is 6.09. The number of fused-ring (bicyclic) bond motifs is 1. The van der Waals surface area contributed by atoms with Crippen LogP contribution >= 0.6 is 11.3 Å². The van der Waals surface area contributed by atoms with Gasteiger partial charge in [-0.1, -0.05) is 36.4 Å². The average Bonchev–Trinajstić information content (AvgIpc) is 3.14. The van der Waals surface area contributed by atoms with Crippen molar-refractivity contribution >= 4 is 50.8 Å². The van der Waals surface area contributed by atoms with Crippen LogP contribution in [0.3, 0.4) is 0 Å². The molecule has 2 aromatic carbocycles. The van der Waals surface area contributed by atoms with Crippen molar-refractivity contribution in [2.75, 3.05) is 17.7 Å². The Morgan fingerprint density at radius 1 is 0.939 bits per heavy atom. The monoisotopic (exact) mass is 462 g/mol. The topological polar surface area (TPSA) is 115 Å². The lowest BCUT2D eigenvalue weighted by molar-refractivity contribution is 0.0601. The average molecular weight is 462 g/mol. The van der Waals surface area contributed by atoms with Gasteiger partial charge in [-0.2, -0.15) is 0 Å². The Bertz CT molecular complexity index is 1440. The van der Waals surface area contributed by atoms with E-state index in [9.17, 15) is 19.2 Å². The summed E-state index contributed by atoms with van der Waals surface area (Å²) in [6.45, 7) is 1.59. The fourth-order valence-corrected chi connectivity index (χ4v) is 4.35. The molecule has 0 radical (unpaired) electrons. The largest absolute Gasteiger partial charge is 0.465 e. The maximum Gasteiger partial charge on any atom is 0.349 e. The first-order valence-corrected chi connectivity index (χ1v) is 10.6. The molecule has 2 amide bonds. The Balaban J connectivity index is 1.69. The molecule has 0 bridgehead atoms. The van der Waals surface area contributed by atoms with Crippen LogP contribution in [0.2, 0.25) is 0 Å². The van der Waals surface area contributed by atoms with Gasteiger partial charge in [-0.25, -0.2) is 9.59 Å². The number of benzene rings is 2. The Labute approximate surface area is 191 Å². The van der Waals surface area contributed by atoms with E-state index in [1.807, 2.05) is 6.07 Å². The normalized spacial score (nSPS) is 10.6. The molecular weight excluding hydrogens is 444 g/mol. The highest BCUT2D eigenvalue weighted by Gasteiger charge is 2.27. The zero-order valence-corrected chi connectivity index (χ0v) is 18.4. The molecule has 2 N–H and O–H groups in total. The van der Waals surface area contributed by atoms with Crippen molar-refractivity contribution in [1.29, 1.82) is 0 Å². The molecule has 33 heavy (non-hydrogen) atoms. The molecule has 2 aromatic heterocycles. The highest BCUT2D eigenvalue weighted by Crippen LogP contribution is 2.34. The summed E-state index contributed by atoms with van der Waals surface area (Å²) in [6.07, 6.45) is 0. The van der Waals surface area contributed by atoms with Gasteiger partial charge in [-0.15, -0.1) is 11.3 Å². The number of ether oxygens (including phenoxy) is 1. The van der Waals surface area contributed by atoms with Crippen LogP contribution in [0.5, 0.6) is 0 Å². The predicted octanol–water partition coefficient (Wildman–Crippen LogP) is 4.45. The number of esters is 1. The lowest BCUT2D eigenvalue weighted by Crippen LogP contribution is -2.21. The van der Waals surface area contributed by atoms with E-state index in [2.05, 4.69) is 10.6 Å². The fourth-order valence-electron chi connectivity index (χ4n) is 3.27. The molecule has 0 spiro atoms. The molecule has 0 saturated heterocycles. The second-order valence-corrected chi connectivity index (χ2v) is 8.03. The van der Waals surface area contributed by atoms with Crippen LogP contribution in [-0.4, -0.2) is 24.9 Å². The number of hydrogen-bond acceptors (Lipinski definition) is 7. The van der Waals surface area contributed by atoms with Gasteiger partial charge in [0.1, 0.15) is 16.1 Å². The van der Waals surface area contributed by atoms with Crippen molar-refractivity contribution in [2.45, 2.75) is 6.92 Å². The molecule has 0 aliphatic carbocycles. The van der Waals surface area contributed by atoms with Crippen LogP contribution in [-0.2, 0) is 4.74 Å². The highest BCUT2D eigenvalue weighted by atomic mass is 32.1. The molecule has 0 aliphatic heterocycles. The fraction of sp³-hybridized carbons (Fsp3) is 0.0833. The van der Waals surface area contributed by atoms with E-state index in [0.717, 1.165) is 11.3 Å². The van der Waals surface area contributed by atoms with Crippen molar-refractivity contribution < 1.29 is 23.5 Å². The lowest BCUT2D eigenvalue weighted by Gasteiger charge is -2.06. The Kier molecular flexibility index (Phi) is 6.05. The number of methoxy groups -OCH3 is 1. The van der Waals surface area contributed by atoms with E-state index in [1.165, 1.54) is 13.2 Å². The molecule has 2 heterocycles. The Morgan fingerprint density at radius 2 is 1.64 bits per heavy atom. The van der Waals surface area contributed by atoms with Crippen LogP contribution in [0.25, 0.3) is 11.0 Å². The van der Waals surface area contributed by atoms with Gasteiger partial charge in [0.25, 0.3) is 11.8 Å². The molecular formula is C24H18N2O6S. The molecule has 0 unspecified atom stereocenters. The number of amides is 2. The van der Waals surface area contributed by atoms with Crippen molar-refractivity contribution in [3.05, 3.63) is 92.7 Å². The number of rotatable bonds is 5. The number of para-hydroxylation sites is 2. The number of nitrogens with one attached hydrogen (secondary N) is 2. The molecule has 0 atom stereocenters. The maximum atomic E-state index is 12.9. The van der Waals surface area contributed by atoms with Gasteiger partial charge in [0.15, 0.2) is 0 Å². The Morgan fingerprint density at radius 3 is 2.36 bits per heavy atom. The number of carbonyl (C=O) groups is 3.